The molecule has 4 nitrogen and oxygen atoms in total. The molecule has 1 amide bonds. The number of rotatable bonds is 4. The molecule has 27 heavy (non-hydrogen) atoms. The van der Waals surface area contributed by atoms with Crippen molar-refractivity contribution in [1.29, 1.82) is 0 Å². The third-order valence-corrected chi connectivity index (χ3v) is 4.56. The summed E-state index contributed by atoms with van der Waals surface area (Å²) in [5.41, 5.74) is 5.46. The topological polar surface area (TPSA) is 55.4 Å². The highest BCUT2D eigenvalue weighted by molar-refractivity contribution is 5.98. The lowest BCUT2D eigenvalue weighted by atomic mass is 9.87. The molecule has 0 saturated heterocycles. The molecule has 2 aromatic rings. The summed E-state index contributed by atoms with van der Waals surface area (Å²) in [6.45, 7) is 13.8. The molecule has 144 valence electrons. The molecule has 0 spiro atoms. The Morgan fingerprint density at radius 2 is 1.48 bits per heavy atom. The highest BCUT2D eigenvalue weighted by atomic mass is 16.5. The summed E-state index contributed by atoms with van der Waals surface area (Å²) >= 11 is 0. The molecule has 0 saturated carbocycles. The summed E-state index contributed by atoms with van der Waals surface area (Å²) in [6.07, 6.45) is -0.889. The minimum absolute atomic E-state index is 0.0133. The van der Waals surface area contributed by atoms with Crippen LogP contribution in [-0.2, 0) is 14.9 Å². The molecular weight excluding hydrogens is 338 g/mol. The van der Waals surface area contributed by atoms with Crippen molar-refractivity contribution >= 4 is 17.6 Å². The molecule has 0 aromatic heterocycles. The summed E-state index contributed by atoms with van der Waals surface area (Å²) in [5.74, 6) is -0.847. The van der Waals surface area contributed by atoms with Crippen molar-refractivity contribution in [3.8, 4) is 0 Å². The second kappa shape index (κ2) is 7.95. The molecule has 0 aliphatic rings. The van der Waals surface area contributed by atoms with Crippen molar-refractivity contribution in [2.24, 2.45) is 0 Å². The van der Waals surface area contributed by atoms with E-state index in [1.54, 1.807) is 19.1 Å². The van der Waals surface area contributed by atoms with Crippen LogP contribution < -0.4 is 5.32 Å². The molecule has 1 unspecified atom stereocenters. The molecular formula is C23H29NO3. The van der Waals surface area contributed by atoms with E-state index in [4.69, 9.17) is 4.74 Å². The van der Waals surface area contributed by atoms with E-state index in [2.05, 4.69) is 26.1 Å². The van der Waals surface area contributed by atoms with Crippen LogP contribution in [0.2, 0.25) is 0 Å². The fourth-order valence-electron chi connectivity index (χ4n) is 2.99. The van der Waals surface area contributed by atoms with Crippen LogP contribution in [0.5, 0.6) is 0 Å². The van der Waals surface area contributed by atoms with Gasteiger partial charge in [-0.3, -0.25) is 4.79 Å². The van der Waals surface area contributed by atoms with Gasteiger partial charge in [0.25, 0.3) is 5.91 Å². The Labute approximate surface area is 161 Å². The lowest BCUT2D eigenvalue weighted by Gasteiger charge is -2.19. The predicted molar refractivity (Wildman–Crippen MR) is 109 cm³/mol. The number of ether oxygens (including phenoxy) is 1. The lowest BCUT2D eigenvalue weighted by molar-refractivity contribution is -0.123. The summed E-state index contributed by atoms with van der Waals surface area (Å²) in [5, 5.41) is 2.88. The number of amides is 1. The molecule has 1 atom stereocenters. The van der Waals surface area contributed by atoms with Crippen molar-refractivity contribution in [2.75, 3.05) is 5.32 Å². The van der Waals surface area contributed by atoms with E-state index in [0.717, 1.165) is 27.9 Å². The average molecular weight is 367 g/mol. The smallest absolute Gasteiger partial charge is 0.338 e. The normalized spacial score (nSPS) is 12.4. The van der Waals surface area contributed by atoms with Crippen molar-refractivity contribution in [3.05, 3.63) is 64.2 Å². The molecule has 2 aromatic carbocycles. The van der Waals surface area contributed by atoms with E-state index >= 15 is 0 Å². The first-order valence-corrected chi connectivity index (χ1v) is 9.19. The summed E-state index contributed by atoms with van der Waals surface area (Å²) in [4.78, 5) is 24.8. The van der Waals surface area contributed by atoms with E-state index in [1.165, 1.54) is 0 Å². The molecule has 0 heterocycles. The fourth-order valence-corrected chi connectivity index (χ4v) is 2.99. The molecule has 1 N–H and O–H groups in total. The molecule has 2 rings (SSSR count). The number of carbonyl (C=O) groups excluding carboxylic acids is 2. The maximum absolute atomic E-state index is 12.5. The number of benzene rings is 2. The molecule has 4 heteroatoms. The van der Waals surface area contributed by atoms with E-state index < -0.39 is 12.1 Å². The zero-order chi connectivity index (χ0) is 20.4. The summed E-state index contributed by atoms with van der Waals surface area (Å²) < 4.78 is 5.35. The van der Waals surface area contributed by atoms with Gasteiger partial charge in [0.05, 0.1) is 5.56 Å². The molecule has 0 aliphatic heterocycles. The lowest BCUT2D eigenvalue weighted by Crippen LogP contribution is -2.30. The van der Waals surface area contributed by atoms with Gasteiger partial charge < -0.3 is 10.1 Å². The van der Waals surface area contributed by atoms with Crippen molar-refractivity contribution in [2.45, 2.75) is 60.0 Å². The Kier molecular flexibility index (Phi) is 6.09. The molecule has 0 bridgehead atoms. The summed E-state index contributed by atoms with van der Waals surface area (Å²) in [6, 6.07) is 11.3. The SMILES string of the molecule is Cc1cc(C)c(NC(=O)C(C)OC(=O)c2ccc(C(C)(C)C)cc2)c(C)c1. The Morgan fingerprint density at radius 3 is 1.96 bits per heavy atom. The van der Waals surface area contributed by atoms with Crippen LogP contribution in [-0.4, -0.2) is 18.0 Å². The van der Waals surface area contributed by atoms with Gasteiger partial charge in [-0.2, -0.15) is 0 Å². The highest BCUT2D eigenvalue weighted by Crippen LogP contribution is 2.23. The second-order valence-corrected chi connectivity index (χ2v) is 8.14. The van der Waals surface area contributed by atoms with Gasteiger partial charge in [-0.15, -0.1) is 0 Å². The largest absolute Gasteiger partial charge is 0.449 e. The Balaban J connectivity index is 2.05. The van der Waals surface area contributed by atoms with Crippen molar-refractivity contribution < 1.29 is 14.3 Å². The van der Waals surface area contributed by atoms with Crippen LogP contribution in [0.4, 0.5) is 5.69 Å². The first kappa shape index (κ1) is 20.7. The van der Waals surface area contributed by atoms with Gasteiger partial charge in [0.15, 0.2) is 6.10 Å². The van der Waals surface area contributed by atoms with Crippen LogP contribution in [0.3, 0.4) is 0 Å². The number of nitrogens with one attached hydrogen (secondary N) is 1. The first-order chi connectivity index (χ1) is 12.5. The van der Waals surface area contributed by atoms with Gasteiger partial charge in [-0.1, -0.05) is 50.6 Å². The number of esters is 1. The zero-order valence-corrected chi connectivity index (χ0v) is 17.3. The third-order valence-electron chi connectivity index (χ3n) is 4.56. The standard InChI is InChI=1S/C23H29NO3/c1-14-12-15(2)20(16(3)13-14)24-21(25)17(4)27-22(26)18-8-10-19(11-9-18)23(5,6)7/h8-13,17H,1-7H3,(H,24,25). The average Bonchev–Trinajstić information content (AvgIpc) is 2.57. The van der Waals surface area contributed by atoms with Crippen molar-refractivity contribution in [3.63, 3.8) is 0 Å². The number of hydrogen-bond acceptors (Lipinski definition) is 3. The second-order valence-electron chi connectivity index (χ2n) is 8.14. The first-order valence-electron chi connectivity index (χ1n) is 9.19. The number of carbonyl (C=O) groups is 2. The minimum Gasteiger partial charge on any atom is -0.449 e. The van der Waals surface area contributed by atoms with Gasteiger partial charge >= 0.3 is 5.97 Å². The monoisotopic (exact) mass is 367 g/mol. The maximum Gasteiger partial charge on any atom is 0.338 e. The van der Waals surface area contributed by atoms with Crippen LogP contribution >= 0.6 is 0 Å². The van der Waals surface area contributed by atoms with Gasteiger partial charge in [0.1, 0.15) is 0 Å². The van der Waals surface area contributed by atoms with Gasteiger partial charge in [0.2, 0.25) is 0 Å². The quantitative estimate of drug-likeness (QED) is 0.766. The van der Waals surface area contributed by atoms with Gasteiger partial charge in [-0.25, -0.2) is 4.79 Å². The maximum atomic E-state index is 12.5. The number of hydrogen-bond donors (Lipinski definition) is 1. The van der Waals surface area contributed by atoms with Crippen LogP contribution in [0.25, 0.3) is 0 Å². The molecule has 0 fully saturated rings. The minimum atomic E-state index is -0.889. The van der Waals surface area contributed by atoms with Crippen molar-refractivity contribution in [1.82, 2.24) is 0 Å². The van der Waals surface area contributed by atoms with Crippen LogP contribution in [0.1, 0.15) is 60.3 Å². The summed E-state index contributed by atoms with van der Waals surface area (Å²) in [7, 11) is 0. The number of anilines is 1. The fraction of sp³-hybridized carbons (Fsp3) is 0.391. The predicted octanol–water partition coefficient (Wildman–Crippen LogP) is 5.09. The van der Waals surface area contributed by atoms with E-state index in [9.17, 15) is 9.59 Å². The Hall–Kier alpha value is -2.62. The van der Waals surface area contributed by atoms with E-state index in [-0.39, 0.29) is 11.3 Å². The van der Waals surface area contributed by atoms with Gasteiger partial charge in [0, 0.05) is 5.69 Å². The Morgan fingerprint density at radius 1 is 0.963 bits per heavy atom. The van der Waals surface area contributed by atoms with Gasteiger partial charge in [-0.05, 0) is 61.9 Å². The van der Waals surface area contributed by atoms with Crippen LogP contribution in [0, 0.1) is 20.8 Å². The van der Waals surface area contributed by atoms with E-state index in [1.807, 2.05) is 45.0 Å². The molecule has 0 radical (unpaired) electrons. The number of aryl methyl sites for hydroxylation is 3. The zero-order valence-electron chi connectivity index (χ0n) is 17.3. The van der Waals surface area contributed by atoms with E-state index in [0.29, 0.717) is 5.56 Å². The van der Waals surface area contributed by atoms with Crippen LogP contribution in [0.15, 0.2) is 36.4 Å². The Bertz CT molecular complexity index is 822. The highest BCUT2D eigenvalue weighted by Gasteiger charge is 2.21. The third kappa shape index (κ3) is 5.19. The molecule has 0 aliphatic carbocycles.